The Morgan fingerprint density at radius 2 is 1.89 bits per heavy atom. The minimum Gasteiger partial charge on any atom is -0.353 e. The fraction of sp³-hybridized carbons (Fsp3) is 0.286. The highest BCUT2D eigenvalue weighted by molar-refractivity contribution is 5.42. The van der Waals surface area contributed by atoms with E-state index < -0.39 is 0 Å². The van der Waals surface area contributed by atoms with Gasteiger partial charge in [0.1, 0.15) is 6.33 Å². The molecule has 4 nitrogen and oxygen atoms in total. The van der Waals surface area contributed by atoms with Gasteiger partial charge in [-0.25, -0.2) is 14.4 Å². The first-order chi connectivity index (χ1) is 9.13. The minimum absolute atomic E-state index is 0.305. The van der Waals surface area contributed by atoms with E-state index in [2.05, 4.69) is 9.97 Å². The Kier molecular flexibility index (Phi) is 4.06. The highest BCUT2D eigenvalue weighted by Gasteiger charge is 2.13. The second-order valence-corrected chi connectivity index (χ2v) is 4.43. The van der Waals surface area contributed by atoms with Gasteiger partial charge >= 0.3 is 0 Å². The summed E-state index contributed by atoms with van der Waals surface area (Å²) in [5.41, 5.74) is 8.18. The molecule has 0 fully saturated rings. The van der Waals surface area contributed by atoms with Gasteiger partial charge in [0.15, 0.2) is 11.6 Å². The standard InChI is InChI=1S/C14H17FN4/c1-10-13(15)14(18-9-17-10)19(2)8-12-6-4-3-5-11(12)7-16/h3-6,9H,7-8,16H2,1-2H3. The zero-order valence-corrected chi connectivity index (χ0v) is 11.1. The molecule has 19 heavy (non-hydrogen) atoms. The van der Waals surface area contributed by atoms with Crippen molar-refractivity contribution in [3.8, 4) is 0 Å². The maximum Gasteiger partial charge on any atom is 0.186 e. The van der Waals surface area contributed by atoms with Crippen molar-refractivity contribution in [1.82, 2.24) is 9.97 Å². The van der Waals surface area contributed by atoms with Crippen molar-refractivity contribution in [2.24, 2.45) is 5.73 Å². The molecule has 1 heterocycles. The second kappa shape index (κ2) is 5.75. The van der Waals surface area contributed by atoms with Crippen LogP contribution in [0.1, 0.15) is 16.8 Å². The number of rotatable bonds is 4. The lowest BCUT2D eigenvalue weighted by atomic mass is 10.1. The molecule has 0 amide bonds. The summed E-state index contributed by atoms with van der Waals surface area (Å²) in [7, 11) is 1.80. The van der Waals surface area contributed by atoms with Gasteiger partial charge in [-0.15, -0.1) is 0 Å². The van der Waals surface area contributed by atoms with Gasteiger partial charge in [-0.3, -0.25) is 0 Å². The molecule has 0 aliphatic heterocycles. The summed E-state index contributed by atoms with van der Waals surface area (Å²) in [6.45, 7) is 2.65. The van der Waals surface area contributed by atoms with Crippen LogP contribution in [0.15, 0.2) is 30.6 Å². The van der Waals surface area contributed by atoms with Gasteiger partial charge in [-0.1, -0.05) is 24.3 Å². The molecule has 0 aliphatic rings. The average Bonchev–Trinajstić information content (AvgIpc) is 2.42. The first-order valence-electron chi connectivity index (χ1n) is 6.08. The Labute approximate surface area is 112 Å². The Morgan fingerprint density at radius 1 is 1.21 bits per heavy atom. The number of aryl methyl sites for hydroxylation is 1. The topological polar surface area (TPSA) is 55.0 Å². The third kappa shape index (κ3) is 2.88. The summed E-state index contributed by atoms with van der Waals surface area (Å²) >= 11 is 0. The first kappa shape index (κ1) is 13.4. The van der Waals surface area contributed by atoms with Crippen LogP contribution < -0.4 is 10.6 Å². The number of nitrogens with zero attached hydrogens (tertiary/aromatic N) is 3. The zero-order valence-electron chi connectivity index (χ0n) is 11.1. The van der Waals surface area contributed by atoms with E-state index in [1.165, 1.54) is 6.33 Å². The Bertz CT molecular complexity index is 571. The average molecular weight is 260 g/mol. The predicted octanol–water partition coefficient (Wildman–Crippen LogP) is 2.02. The van der Waals surface area contributed by atoms with Crippen molar-refractivity contribution in [1.29, 1.82) is 0 Å². The Balaban J connectivity index is 2.26. The van der Waals surface area contributed by atoms with Crippen LogP contribution in [0.2, 0.25) is 0 Å². The van der Waals surface area contributed by atoms with Gasteiger partial charge in [0.25, 0.3) is 0 Å². The molecule has 0 aliphatic carbocycles. The molecule has 0 radical (unpaired) electrons. The molecule has 1 aromatic heterocycles. The molecule has 5 heteroatoms. The number of anilines is 1. The largest absolute Gasteiger partial charge is 0.353 e. The van der Waals surface area contributed by atoms with Gasteiger partial charge in [-0.05, 0) is 18.1 Å². The van der Waals surface area contributed by atoms with E-state index in [-0.39, 0.29) is 5.82 Å². The van der Waals surface area contributed by atoms with Crippen molar-refractivity contribution in [3.05, 3.63) is 53.2 Å². The first-order valence-corrected chi connectivity index (χ1v) is 6.08. The van der Waals surface area contributed by atoms with Gasteiger partial charge in [0, 0.05) is 20.1 Å². The van der Waals surface area contributed by atoms with Crippen LogP contribution in [0.25, 0.3) is 0 Å². The van der Waals surface area contributed by atoms with E-state index in [9.17, 15) is 4.39 Å². The lowest BCUT2D eigenvalue weighted by Gasteiger charge is -2.20. The Morgan fingerprint density at radius 3 is 2.58 bits per heavy atom. The molecule has 0 saturated carbocycles. The van der Waals surface area contributed by atoms with Crippen molar-refractivity contribution in [2.45, 2.75) is 20.0 Å². The highest BCUT2D eigenvalue weighted by atomic mass is 19.1. The van der Waals surface area contributed by atoms with Crippen LogP contribution in [-0.2, 0) is 13.1 Å². The summed E-state index contributed by atoms with van der Waals surface area (Å²) in [5, 5.41) is 0. The monoisotopic (exact) mass is 260 g/mol. The Hall–Kier alpha value is -2.01. The lowest BCUT2D eigenvalue weighted by molar-refractivity contribution is 0.595. The quantitative estimate of drug-likeness (QED) is 0.913. The number of hydrogen-bond acceptors (Lipinski definition) is 4. The van der Waals surface area contributed by atoms with Crippen LogP contribution in [0.4, 0.5) is 10.2 Å². The molecule has 2 N–H and O–H groups in total. The molecule has 1 aromatic carbocycles. The second-order valence-electron chi connectivity index (χ2n) is 4.43. The molecule has 2 aromatic rings. The molecular weight excluding hydrogens is 243 g/mol. The van der Waals surface area contributed by atoms with Crippen LogP contribution in [-0.4, -0.2) is 17.0 Å². The molecule has 0 bridgehead atoms. The molecule has 0 spiro atoms. The predicted molar refractivity (Wildman–Crippen MR) is 73.2 cm³/mol. The number of benzene rings is 1. The van der Waals surface area contributed by atoms with E-state index >= 15 is 0 Å². The fourth-order valence-corrected chi connectivity index (χ4v) is 1.95. The summed E-state index contributed by atoms with van der Waals surface area (Å²) < 4.78 is 13.9. The van der Waals surface area contributed by atoms with Crippen LogP contribution in [0.5, 0.6) is 0 Å². The molecule has 0 atom stereocenters. The molecule has 0 unspecified atom stereocenters. The van der Waals surface area contributed by atoms with E-state index in [0.29, 0.717) is 24.6 Å². The minimum atomic E-state index is -0.379. The third-order valence-corrected chi connectivity index (χ3v) is 3.05. The SMILES string of the molecule is Cc1ncnc(N(C)Cc2ccccc2CN)c1F. The van der Waals surface area contributed by atoms with Crippen molar-refractivity contribution < 1.29 is 4.39 Å². The van der Waals surface area contributed by atoms with Gasteiger partial charge in [-0.2, -0.15) is 0 Å². The van der Waals surface area contributed by atoms with E-state index in [0.717, 1.165) is 11.1 Å². The number of aromatic nitrogens is 2. The lowest BCUT2D eigenvalue weighted by Crippen LogP contribution is -2.21. The van der Waals surface area contributed by atoms with Crippen molar-refractivity contribution >= 4 is 5.82 Å². The maximum absolute atomic E-state index is 13.9. The summed E-state index contributed by atoms with van der Waals surface area (Å²) in [6, 6.07) is 7.86. The zero-order chi connectivity index (χ0) is 13.8. The van der Waals surface area contributed by atoms with Gasteiger partial charge in [0.05, 0.1) is 5.69 Å². The number of hydrogen-bond donors (Lipinski definition) is 1. The van der Waals surface area contributed by atoms with E-state index in [1.54, 1.807) is 18.9 Å². The number of nitrogens with two attached hydrogens (primary N) is 1. The van der Waals surface area contributed by atoms with Crippen LogP contribution in [0, 0.1) is 12.7 Å². The van der Waals surface area contributed by atoms with E-state index in [1.807, 2.05) is 24.3 Å². The van der Waals surface area contributed by atoms with Crippen LogP contribution >= 0.6 is 0 Å². The highest BCUT2D eigenvalue weighted by Crippen LogP contribution is 2.19. The smallest absolute Gasteiger partial charge is 0.186 e. The summed E-state index contributed by atoms with van der Waals surface area (Å²) in [4.78, 5) is 9.59. The molecule has 0 saturated heterocycles. The molecular formula is C14H17FN4. The van der Waals surface area contributed by atoms with Crippen LogP contribution in [0.3, 0.4) is 0 Å². The van der Waals surface area contributed by atoms with E-state index in [4.69, 9.17) is 5.73 Å². The summed E-state index contributed by atoms with van der Waals surface area (Å²) in [6.07, 6.45) is 1.37. The normalized spacial score (nSPS) is 10.5. The maximum atomic E-state index is 13.9. The van der Waals surface area contributed by atoms with Crippen molar-refractivity contribution in [3.63, 3.8) is 0 Å². The van der Waals surface area contributed by atoms with Gasteiger partial charge in [0.2, 0.25) is 0 Å². The fourth-order valence-electron chi connectivity index (χ4n) is 1.95. The van der Waals surface area contributed by atoms with Crippen molar-refractivity contribution in [2.75, 3.05) is 11.9 Å². The van der Waals surface area contributed by atoms with Gasteiger partial charge < -0.3 is 10.6 Å². The molecule has 2 rings (SSSR count). The molecule has 100 valence electrons. The number of halogens is 1. The third-order valence-electron chi connectivity index (χ3n) is 3.05. The summed E-state index contributed by atoms with van der Waals surface area (Å²) in [5.74, 6) is -0.0745.